The van der Waals surface area contributed by atoms with Gasteiger partial charge in [0.2, 0.25) is 10.0 Å². The topological polar surface area (TPSA) is 97.0 Å². The summed E-state index contributed by atoms with van der Waals surface area (Å²) in [6.07, 6.45) is 0.916. The molecule has 2 aliphatic rings. The van der Waals surface area contributed by atoms with Gasteiger partial charge >= 0.3 is 0 Å². The molecular weight excluding hydrogens is 394 g/mol. The van der Waals surface area contributed by atoms with Gasteiger partial charge in [-0.25, -0.2) is 8.42 Å². The van der Waals surface area contributed by atoms with Crippen molar-refractivity contribution >= 4 is 21.6 Å². The van der Waals surface area contributed by atoms with Crippen molar-refractivity contribution in [2.24, 2.45) is 0 Å². The van der Waals surface area contributed by atoms with Gasteiger partial charge < -0.3 is 20.1 Å². The molecule has 4 rings (SSSR count). The largest absolute Gasteiger partial charge is 0.493 e. The molecule has 2 aromatic carbocycles. The summed E-state index contributed by atoms with van der Waals surface area (Å²) in [5, 5.41) is 6.42. The Morgan fingerprint density at radius 1 is 0.966 bits per heavy atom. The number of methoxy groups -OCH3 is 2. The van der Waals surface area contributed by atoms with Crippen molar-refractivity contribution in [1.29, 1.82) is 0 Å². The van der Waals surface area contributed by atoms with Crippen LogP contribution in [-0.4, -0.2) is 51.6 Å². The lowest BCUT2D eigenvalue weighted by Crippen LogP contribution is -2.62. The quantitative estimate of drug-likeness (QED) is 0.790. The van der Waals surface area contributed by atoms with E-state index in [-0.39, 0.29) is 23.9 Å². The van der Waals surface area contributed by atoms with E-state index in [0.717, 1.165) is 5.69 Å². The van der Waals surface area contributed by atoms with Crippen LogP contribution in [0.4, 0.5) is 5.69 Å². The predicted molar refractivity (Wildman–Crippen MR) is 108 cm³/mol. The van der Waals surface area contributed by atoms with Gasteiger partial charge in [-0.05, 0) is 24.3 Å². The lowest BCUT2D eigenvalue weighted by Gasteiger charge is -2.45. The summed E-state index contributed by atoms with van der Waals surface area (Å²) in [6.45, 7) is 0.568. The van der Waals surface area contributed by atoms with Crippen LogP contribution < -0.4 is 20.1 Å². The van der Waals surface area contributed by atoms with Crippen LogP contribution >= 0.6 is 0 Å². The molecule has 2 heterocycles. The lowest BCUT2D eigenvalue weighted by molar-refractivity contribution is 0.0865. The van der Waals surface area contributed by atoms with Crippen molar-refractivity contribution < 1.29 is 22.7 Å². The number of carbonyl (C=O) groups is 1. The molecule has 8 nitrogen and oxygen atoms in total. The number of anilines is 1. The first kappa shape index (κ1) is 19.5. The number of hydrogen-bond donors (Lipinski definition) is 2. The van der Waals surface area contributed by atoms with Crippen molar-refractivity contribution in [2.75, 3.05) is 32.6 Å². The second kappa shape index (κ2) is 7.23. The lowest BCUT2D eigenvalue weighted by atomic mass is 9.93. The average Bonchev–Trinajstić information content (AvgIpc) is 2.73. The summed E-state index contributed by atoms with van der Waals surface area (Å²) < 4.78 is 38.1. The predicted octanol–water partition coefficient (Wildman–Crippen LogP) is 2.04. The maximum atomic E-state index is 13.1. The number of sulfonamides is 1. The van der Waals surface area contributed by atoms with Crippen molar-refractivity contribution in [2.45, 2.75) is 23.4 Å². The number of para-hydroxylation sites is 1. The van der Waals surface area contributed by atoms with E-state index in [1.165, 1.54) is 30.7 Å². The first-order valence-corrected chi connectivity index (χ1v) is 10.7. The highest BCUT2D eigenvalue weighted by atomic mass is 32.2. The zero-order valence-corrected chi connectivity index (χ0v) is 17.1. The van der Waals surface area contributed by atoms with E-state index < -0.39 is 15.7 Å². The molecular formula is C20H23N3O5S. The van der Waals surface area contributed by atoms with Crippen LogP contribution in [0.1, 0.15) is 23.2 Å². The number of carbonyl (C=O) groups excluding carboxylic acids is 1. The second-order valence-corrected chi connectivity index (χ2v) is 9.07. The van der Waals surface area contributed by atoms with Gasteiger partial charge in [-0.1, -0.05) is 12.1 Å². The number of nitrogens with one attached hydrogen (secondary N) is 2. The third kappa shape index (κ3) is 3.40. The molecule has 1 amide bonds. The van der Waals surface area contributed by atoms with Crippen molar-refractivity contribution in [3.8, 4) is 11.5 Å². The Morgan fingerprint density at radius 3 is 2.34 bits per heavy atom. The van der Waals surface area contributed by atoms with Gasteiger partial charge in [0, 0.05) is 37.7 Å². The van der Waals surface area contributed by atoms with Crippen LogP contribution in [0.3, 0.4) is 0 Å². The molecule has 0 atom stereocenters. The van der Waals surface area contributed by atoms with E-state index in [1.807, 2.05) is 18.2 Å². The van der Waals surface area contributed by atoms with E-state index in [0.29, 0.717) is 29.9 Å². The smallest absolute Gasteiger partial charge is 0.255 e. The maximum absolute atomic E-state index is 13.1. The summed E-state index contributed by atoms with van der Waals surface area (Å²) in [4.78, 5) is 12.6. The first-order chi connectivity index (χ1) is 13.9. The third-order valence-corrected chi connectivity index (χ3v) is 7.36. The van der Waals surface area contributed by atoms with Gasteiger partial charge in [0.1, 0.15) is 5.66 Å². The molecule has 0 aliphatic carbocycles. The number of hydrogen-bond acceptors (Lipinski definition) is 6. The SMILES string of the molecule is COc1ccc(S(=O)(=O)N2CCC3(CC2)NC(=O)c2ccccc2N3)cc1OC. The average molecular weight is 417 g/mol. The highest BCUT2D eigenvalue weighted by Gasteiger charge is 2.42. The molecule has 9 heteroatoms. The summed E-state index contributed by atoms with van der Waals surface area (Å²) in [6, 6.07) is 11.9. The third-order valence-electron chi connectivity index (χ3n) is 5.47. The van der Waals surface area contributed by atoms with Crippen molar-refractivity contribution in [1.82, 2.24) is 9.62 Å². The molecule has 2 aliphatic heterocycles. The Balaban J connectivity index is 1.53. The number of piperidine rings is 1. The van der Waals surface area contributed by atoms with Gasteiger partial charge in [0.25, 0.3) is 5.91 Å². The van der Waals surface area contributed by atoms with Gasteiger partial charge in [0.05, 0.1) is 24.7 Å². The Hall–Kier alpha value is -2.78. The maximum Gasteiger partial charge on any atom is 0.255 e. The van der Waals surface area contributed by atoms with Crippen LogP contribution in [0.15, 0.2) is 47.4 Å². The molecule has 0 radical (unpaired) electrons. The summed E-state index contributed by atoms with van der Waals surface area (Å²) in [7, 11) is -0.726. The Bertz CT molecular complexity index is 1050. The van der Waals surface area contributed by atoms with E-state index >= 15 is 0 Å². The zero-order valence-electron chi connectivity index (χ0n) is 16.3. The van der Waals surface area contributed by atoms with Gasteiger partial charge in [-0.3, -0.25) is 4.79 Å². The molecule has 0 unspecified atom stereocenters. The number of amides is 1. The number of fused-ring (bicyclic) bond motifs is 1. The van der Waals surface area contributed by atoms with E-state index in [1.54, 1.807) is 12.1 Å². The highest BCUT2D eigenvalue weighted by molar-refractivity contribution is 7.89. The van der Waals surface area contributed by atoms with E-state index in [9.17, 15) is 13.2 Å². The number of nitrogens with zero attached hydrogens (tertiary/aromatic N) is 1. The summed E-state index contributed by atoms with van der Waals surface area (Å²) in [5.41, 5.74) is 0.723. The fourth-order valence-corrected chi connectivity index (χ4v) is 5.31. The molecule has 0 saturated carbocycles. The minimum Gasteiger partial charge on any atom is -0.493 e. The number of rotatable bonds is 4. The fourth-order valence-electron chi connectivity index (χ4n) is 3.85. The van der Waals surface area contributed by atoms with Gasteiger partial charge in [-0.2, -0.15) is 4.31 Å². The fraction of sp³-hybridized carbons (Fsp3) is 0.350. The molecule has 154 valence electrons. The molecule has 1 fully saturated rings. The van der Waals surface area contributed by atoms with Gasteiger partial charge in [0.15, 0.2) is 11.5 Å². The van der Waals surface area contributed by atoms with E-state index in [4.69, 9.17) is 9.47 Å². The number of ether oxygens (including phenoxy) is 2. The standard InChI is InChI=1S/C20H23N3O5S/c1-27-17-8-7-14(13-18(17)28-2)29(25,26)23-11-9-20(10-12-23)21-16-6-4-3-5-15(16)19(24)22-20/h3-8,13,21H,9-12H2,1-2H3,(H,22,24). The van der Waals surface area contributed by atoms with Gasteiger partial charge in [-0.15, -0.1) is 0 Å². The van der Waals surface area contributed by atoms with Crippen LogP contribution in [-0.2, 0) is 10.0 Å². The summed E-state index contributed by atoms with van der Waals surface area (Å²) >= 11 is 0. The number of benzene rings is 2. The van der Waals surface area contributed by atoms with Crippen LogP contribution in [0.2, 0.25) is 0 Å². The molecule has 2 aromatic rings. The molecule has 0 bridgehead atoms. The molecule has 1 spiro atoms. The molecule has 29 heavy (non-hydrogen) atoms. The minimum atomic E-state index is -3.69. The van der Waals surface area contributed by atoms with Crippen molar-refractivity contribution in [3.63, 3.8) is 0 Å². The summed E-state index contributed by atoms with van der Waals surface area (Å²) in [5.74, 6) is 0.687. The minimum absolute atomic E-state index is 0.143. The monoisotopic (exact) mass is 417 g/mol. The van der Waals surface area contributed by atoms with E-state index in [2.05, 4.69) is 10.6 Å². The molecule has 1 saturated heterocycles. The second-order valence-electron chi connectivity index (χ2n) is 7.13. The Kier molecular flexibility index (Phi) is 4.87. The Labute approximate surface area is 169 Å². The van der Waals surface area contributed by atoms with Crippen molar-refractivity contribution in [3.05, 3.63) is 48.0 Å². The zero-order chi connectivity index (χ0) is 20.6. The van der Waals surface area contributed by atoms with Crippen LogP contribution in [0.5, 0.6) is 11.5 Å². The normalized spacial score (nSPS) is 18.5. The van der Waals surface area contributed by atoms with Crippen LogP contribution in [0.25, 0.3) is 0 Å². The Morgan fingerprint density at radius 2 is 1.66 bits per heavy atom. The van der Waals surface area contributed by atoms with Crippen LogP contribution in [0, 0.1) is 0 Å². The highest BCUT2D eigenvalue weighted by Crippen LogP contribution is 2.35. The molecule has 2 N–H and O–H groups in total. The first-order valence-electron chi connectivity index (χ1n) is 9.30. The molecule has 0 aromatic heterocycles.